The second-order valence-corrected chi connectivity index (χ2v) is 17.7. The molecule has 0 amide bonds. The molecule has 0 bridgehead atoms. The van der Waals surface area contributed by atoms with Crippen molar-refractivity contribution in [2.75, 3.05) is 0 Å². The van der Waals surface area contributed by atoms with E-state index in [4.69, 9.17) is 4.98 Å². The Labute approximate surface area is 383 Å². The van der Waals surface area contributed by atoms with Gasteiger partial charge in [-0.05, 0) is 152 Å². The average Bonchev–Trinajstić information content (AvgIpc) is 3.76. The molecule has 0 aliphatic carbocycles. The van der Waals surface area contributed by atoms with Crippen LogP contribution in [-0.2, 0) is 6.42 Å². The van der Waals surface area contributed by atoms with Crippen LogP contribution in [0.15, 0.2) is 218 Å². The van der Waals surface area contributed by atoms with Gasteiger partial charge in [0.25, 0.3) is 0 Å². The summed E-state index contributed by atoms with van der Waals surface area (Å²) >= 11 is 0. The predicted octanol–water partition coefficient (Wildman–Crippen LogP) is 17.5. The highest BCUT2D eigenvalue weighted by molar-refractivity contribution is 6.24. The summed E-state index contributed by atoms with van der Waals surface area (Å²) in [6.45, 7) is 4.41. The van der Waals surface area contributed by atoms with Gasteiger partial charge in [-0.2, -0.15) is 0 Å². The van der Waals surface area contributed by atoms with Gasteiger partial charge in [0.15, 0.2) is 0 Å². The van der Waals surface area contributed by atoms with Crippen molar-refractivity contribution in [3.05, 3.63) is 230 Å². The van der Waals surface area contributed by atoms with E-state index in [9.17, 15) is 0 Å². The fourth-order valence-electron chi connectivity index (χ4n) is 11.1. The van der Waals surface area contributed by atoms with Crippen LogP contribution in [0.1, 0.15) is 18.3 Å². The van der Waals surface area contributed by atoms with E-state index < -0.39 is 0 Å². The smallest absolute Gasteiger partial charge is 0.114 e. The molecule has 1 heterocycles. The molecule has 0 fully saturated rings. The van der Waals surface area contributed by atoms with Crippen molar-refractivity contribution in [3.63, 3.8) is 0 Å². The van der Waals surface area contributed by atoms with Crippen molar-refractivity contribution in [1.82, 2.24) is 9.55 Å². The molecule has 1 aromatic heterocycles. The van der Waals surface area contributed by atoms with Crippen LogP contribution in [0.25, 0.3) is 126 Å². The first-order valence-corrected chi connectivity index (χ1v) is 23.1. The van der Waals surface area contributed by atoms with E-state index in [1.807, 2.05) is 0 Å². The zero-order valence-corrected chi connectivity index (χ0v) is 36.9. The van der Waals surface area contributed by atoms with Crippen LogP contribution in [0.4, 0.5) is 0 Å². The first-order chi connectivity index (χ1) is 32.6. The third kappa shape index (κ3) is 5.92. The normalized spacial score (nSPS) is 11.8. The minimum atomic E-state index is 0.859. The van der Waals surface area contributed by atoms with Gasteiger partial charge in [0.05, 0.1) is 11.0 Å². The first kappa shape index (κ1) is 38.2. The molecule has 0 saturated carbocycles. The predicted molar refractivity (Wildman–Crippen MR) is 282 cm³/mol. The summed E-state index contributed by atoms with van der Waals surface area (Å²) in [6.07, 6.45) is 0.859. The number of hydrogen-bond acceptors (Lipinski definition) is 1. The standard InChI is InChI=1S/C64H44N2/c1-3-59-65-57-39-46(35-37-58(57)66(59)49-18-5-4-6-19-49)41-26-28-45(29-27-41)62-51-20-7-9-22-53(51)63(54-23-10-8-21-52(54)62)48-34-36-50-47(38-48)33-32-43-16-12-24-55(61(43)50)56-25-13-17-44-31-30-42-15-11-14-40(2)60(42)64(44)56/h4-39H,3H2,1-2H3. The highest BCUT2D eigenvalue weighted by Gasteiger charge is 2.19. The van der Waals surface area contributed by atoms with Crippen LogP contribution in [0.5, 0.6) is 0 Å². The van der Waals surface area contributed by atoms with E-state index >= 15 is 0 Å². The Balaban J connectivity index is 0.939. The zero-order valence-electron chi connectivity index (χ0n) is 36.9. The van der Waals surface area contributed by atoms with Gasteiger partial charge in [-0.25, -0.2) is 4.98 Å². The van der Waals surface area contributed by atoms with E-state index in [0.717, 1.165) is 34.5 Å². The van der Waals surface area contributed by atoms with Crippen LogP contribution in [0, 0.1) is 6.92 Å². The van der Waals surface area contributed by atoms with Gasteiger partial charge in [-0.15, -0.1) is 0 Å². The monoisotopic (exact) mass is 840 g/mol. The second kappa shape index (κ2) is 15.1. The summed E-state index contributed by atoms with van der Waals surface area (Å²) in [7, 11) is 0. The summed E-state index contributed by atoms with van der Waals surface area (Å²) in [5.74, 6) is 1.07. The van der Waals surface area contributed by atoms with Crippen LogP contribution < -0.4 is 0 Å². The Morgan fingerprint density at radius 3 is 1.58 bits per heavy atom. The lowest BCUT2D eigenvalue weighted by molar-refractivity contribution is 0.908. The van der Waals surface area contributed by atoms with E-state index in [-0.39, 0.29) is 0 Å². The molecule has 0 unspecified atom stereocenters. The molecule has 0 atom stereocenters. The number of rotatable bonds is 6. The Morgan fingerprint density at radius 1 is 0.379 bits per heavy atom. The SMILES string of the molecule is CCc1nc2cc(-c3ccc(-c4c5ccccc5c(-c5ccc6c(ccc7cccc(-c8cccc9ccc%10cccc(C)c%10c89)c76)c5)c5ccccc45)cc3)ccc2n1-c1ccccc1. The van der Waals surface area contributed by atoms with Crippen LogP contribution in [0.2, 0.25) is 0 Å². The van der Waals surface area contributed by atoms with Crippen LogP contribution in [-0.4, -0.2) is 9.55 Å². The molecule has 13 aromatic rings. The number of benzene rings is 12. The highest BCUT2D eigenvalue weighted by atomic mass is 15.1. The molecule has 0 radical (unpaired) electrons. The van der Waals surface area contributed by atoms with Gasteiger partial charge in [0, 0.05) is 12.1 Å². The summed E-state index contributed by atoms with van der Waals surface area (Å²) in [5.41, 5.74) is 14.4. The maximum absolute atomic E-state index is 5.09. The fraction of sp³-hybridized carbons (Fsp3) is 0.0469. The average molecular weight is 841 g/mol. The van der Waals surface area contributed by atoms with E-state index in [2.05, 4.69) is 237 Å². The van der Waals surface area contributed by atoms with Gasteiger partial charge in [-0.3, -0.25) is 4.57 Å². The zero-order chi connectivity index (χ0) is 43.9. The van der Waals surface area contributed by atoms with Crippen LogP contribution in [0.3, 0.4) is 0 Å². The minimum Gasteiger partial charge on any atom is -0.296 e. The van der Waals surface area contributed by atoms with Gasteiger partial charge in [0.2, 0.25) is 0 Å². The Kier molecular flexibility index (Phi) is 8.76. The van der Waals surface area contributed by atoms with Crippen molar-refractivity contribution in [1.29, 1.82) is 0 Å². The van der Waals surface area contributed by atoms with Crippen molar-refractivity contribution in [3.8, 4) is 50.2 Å². The Hall–Kier alpha value is -8.33. The molecule has 0 spiro atoms. The minimum absolute atomic E-state index is 0.859. The second-order valence-electron chi connectivity index (χ2n) is 17.7. The lowest BCUT2D eigenvalue weighted by Crippen LogP contribution is -1.99. The number of fused-ring (bicyclic) bond motifs is 9. The van der Waals surface area contributed by atoms with Crippen molar-refractivity contribution < 1.29 is 0 Å². The van der Waals surface area contributed by atoms with Crippen LogP contribution >= 0.6 is 0 Å². The van der Waals surface area contributed by atoms with E-state index in [1.165, 1.54) is 109 Å². The van der Waals surface area contributed by atoms with Crippen molar-refractivity contribution in [2.45, 2.75) is 20.3 Å². The Morgan fingerprint density at radius 2 is 0.909 bits per heavy atom. The van der Waals surface area contributed by atoms with E-state index in [1.54, 1.807) is 0 Å². The van der Waals surface area contributed by atoms with Gasteiger partial charge >= 0.3 is 0 Å². The molecule has 2 heteroatoms. The molecule has 0 saturated heterocycles. The molecule has 13 rings (SSSR count). The lowest BCUT2D eigenvalue weighted by Gasteiger charge is -2.19. The highest BCUT2D eigenvalue weighted by Crippen LogP contribution is 2.46. The third-order valence-electron chi connectivity index (χ3n) is 14.0. The molecule has 2 nitrogen and oxygen atoms in total. The number of para-hydroxylation sites is 1. The number of hydrogen-bond donors (Lipinski definition) is 0. The molecule has 12 aromatic carbocycles. The topological polar surface area (TPSA) is 17.8 Å². The molecular formula is C64H44N2. The van der Waals surface area contributed by atoms with Gasteiger partial charge in [-0.1, -0.05) is 195 Å². The summed E-state index contributed by atoms with van der Waals surface area (Å²) in [5, 5.41) is 15.2. The quantitative estimate of drug-likeness (QED) is 0.120. The van der Waals surface area contributed by atoms with Gasteiger partial charge < -0.3 is 0 Å². The summed E-state index contributed by atoms with van der Waals surface area (Å²) < 4.78 is 2.28. The molecule has 0 aliphatic heterocycles. The number of imidazole rings is 1. The molecule has 310 valence electrons. The molecule has 66 heavy (non-hydrogen) atoms. The fourth-order valence-corrected chi connectivity index (χ4v) is 11.1. The molecule has 0 aliphatic rings. The third-order valence-corrected chi connectivity index (χ3v) is 14.0. The number of aryl methyl sites for hydroxylation is 2. The van der Waals surface area contributed by atoms with Crippen molar-refractivity contribution >= 4 is 75.7 Å². The van der Waals surface area contributed by atoms with E-state index in [0.29, 0.717) is 0 Å². The van der Waals surface area contributed by atoms with Crippen molar-refractivity contribution in [2.24, 2.45) is 0 Å². The first-order valence-electron chi connectivity index (χ1n) is 23.1. The number of aromatic nitrogens is 2. The van der Waals surface area contributed by atoms with Gasteiger partial charge in [0.1, 0.15) is 5.82 Å². The summed E-state index contributed by atoms with van der Waals surface area (Å²) in [4.78, 5) is 5.09. The maximum atomic E-state index is 5.09. The maximum Gasteiger partial charge on any atom is 0.114 e. The molecular weight excluding hydrogens is 797 g/mol. The summed E-state index contributed by atoms with van der Waals surface area (Å²) in [6, 6.07) is 80.8. The Bertz CT molecular complexity index is 4020. The molecule has 0 N–H and O–H groups in total. The lowest BCUT2D eigenvalue weighted by atomic mass is 9.84. The number of nitrogens with zero attached hydrogens (tertiary/aromatic N) is 2. The largest absolute Gasteiger partial charge is 0.296 e.